The molecular formula is C6H7BFLiO3. The fourth-order valence-corrected chi connectivity index (χ4v) is 0.635. The molecule has 0 aliphatic rings. The van der Waals surface area contributed by atoms with Gasteiger partial charge in [-0.3, -0.25) is 0 Å². The summed E-state index contributed by atoms with van der Waals surface area (Å²) in [5.74, 6) is -0.189. The van der Waals surface area contributed by atoms with Crippen molar-refractivity contribution in [2.75, 3.05) is 0 Å². The average molecular weight is 164 g/mol. The number of hydrogen-bond donors (Lipinski definition) is 2. The van der Waals surface area contributed by atoms with E-state index in [1.165, 1.54) is 12.1 Å². The van der Waals surface area contributed by atoms with Crippen LogP contribution in [0.1, 0.15) is 0 Å². The molecule has 0 unspecified atom stereocenters. The summed E-state index contributed by atoms with van der Waals surface area (Å²) in [5.41, 5.74) is 0. The van der Waals surface area contributed by atoms with Crippen LogP contribution in [0.4, 0.5) is 4.39 Å². The fraction of sp³-hybridized carbons (Fsp3) is 0. The molecule has 0 saturated carbocycles. The number of benzene rings is 1. The molecule has 60 valence electrons. The van der Waals surface area contributed by atoms with Gasteiger partial charge in [0.15, 0.2) is 0 Å². The van der Waals surface area contributed by atoms with E-state index in [1.54, 1.807) is 0 Å². The second-order valence-electron chi connectivity index (χ2n) is 1.90. The van der Waals surface area contributed by atoms with Crippen LogP contribution >= 0.6 is 0 Å². The number of halogens is 1. The van der Waals surface area contributed by atoms with Crippen LogP contribution in [0, 0.1) is 5.82 Å². The summed E-state index contributed by atoms with van der Waals surface area (Å²) in [7, 11) is -1.86. The van der Waals surface area contributed by atoms with Gasteiger partial charge in [-0.05, 0) is 24.3 Å². The van der Waals surface area contributed by atoms with E-state index in [-0.39, 0.29) is 24.6 Å². The fourth-order valence-electron chi connectivity index (χ4n) is 0.635. The molecule has 2 N–H and O–H groups in total. The molecule has 0 fully saturated rings. The Hall–Kier alpha value is -0.468. The van der Waals surface area contributed by atoms with Gasteiger partial charge in [0.1, 0.15) is 11.6 Å². The minimum atomic E-state index is -1.86. The molecule has 0 heterocycles. The predicted molar refractivity (Wildman–Crippen MR) is 44.4 cm³/mol. The van der Waals surface area contributed by atoms with Crippen LogP contribution in [0.5, 0.6) is 5.75 Å². The van der Waals surface area contributed by atoms with Crippen LogP contribution in [-0.2, 0) is 0 Å². The van der Waals surface area contributed by atoms with Gasteiger partial charge in [-0.1, -0.05) is 0 Å². The maximum atomic E-state index is 12.2. The molecule has 0 amide bonds. The third-order valence-corrected chi connectivity index (χ3v) is 1.06. The van der Waals surface area contributed by atoms with E-state index in [1.807, 2.05) is 0 Å². The third-order valence-electron chi connectivity index (χ3n) is 1.06. The Kier molecular flexibility index (Phi) is 5.02. The Bertz CT molecular complexity index is 229. The molecule has 12 heavy (non-hydrogen) atoms. The van der Waals surface area contributed by atoms with Gasteiger partial charge in [-0.15, -0.1) is 0 Å². The van der Waals surface area contributed by atoms with Gasteiger partial charge in [0.05, 0.1) is 0 Å². The SMILES string of the molecule is OB(O)Oc1ccc(F)cc1.[LiH]. The average Bonchev–Trinajstić information content (AvgIpc) is 1.93. The van der Waals surface area contributed by atoms with Crippen molar-refractivity contribution in [1.82, 2.24) is 0 Å². The van der Waals surface area contributed by atoms with Gasteiger partial charge in [-0.2, -0.15) is 0 Å². The van der Waals surface area contributed by atoms with Crippen molar-refractivity contribution in [3.63, 3.8) is 0 Å². The molecule has 1 rings (SSSR count). The Morgan fingerprint density at radius 1 is 1.17 bits per heavy atom. The molecule has 0 atom stereocenters. The summed E-state index contributed by atoms with van der Waals surface area (Å²) in [6, 6.07) is 4.93. The molecular weight excluding hydrogens is 157 g/mol. The second-order valence-corrected chi connectivity index (χ2v) is 1.90. The van der Waals surface area contributed by atoms with Gasteiger partial charge in [0.25, 0.3) is 0 Å². The van der Waals surface area contributed by atoms with E-state index in [4.69, 9.17) is 10.0 Å². The van der Waals surface area contributed by atoms with Crippen LogP contribution < -0.4 is 4.65 Å². The van der Waals surface area contributed by atoms with Crippen LogP contribution in [0.15, 0.2) is 24.3 Å². The summed E-state index contributed by atoms with van der Waals surface area (Å²) in [6.07, 6.45) is 0. The van der Waals surface area contributed by atoms with E-state index in [0.717, 1.165) is 12.1 Å². The zero-order valence-corrected chi connectivity index (χ0v) is 5.57. The van der Waals surface area contributed by atoms with Crippen molar-refractivity contribution >= 4 is 26.2 Å². The summed E-state index contributed by atoms with van der Waals surface area (Å²) in [6.45, 7) is 0. The summed E-state index contributed by atoms with van der Waals surface area (Å²) in [4.78, 5) is 0. The molecule has 0 bridgehead atoms. The molecule has 0 spiro atoms. The van der Waals surface area contributed by atoms with Gasteiger partial charge in [0.2, 0.25) is 0 Å². The first kappa shape index (κ1) is 11.5. The Balaban J connectivity index is 0.00000121. The van der Waals surface area contributed by atoms with Gasteiger partial charge < -0.3 is 14.7 Å². The van der Waals surface area contributed by atoms with Crippen molar-refractivity contribution in [2.45, 2.75) is 0 Å². The summed E-state index contributed by atoms with van der Waals surface area (Å²) >= 11 is 0. The van der Waals surface area contributed by atoms with Crippen molar-refractivity contribution in [2.24, 2.45) is 0 Å². The monoisotopic (exact) mass is 164 g/mol. The van der Waals surface area contributed by atoms with Gasteiger partial charge in [-0.25, -0.2) is 4.39 Å². The Morgan fingerprint density at radius 2 is 1.67 bits per heavy atom. The molecule has 0 aliphatic carbocycles. The molecule has 1 aromatic rings. The predicted octanol–water partition coefficient (Wildman–Crippen LogP) is -0.475. The van der Waals surface area contributed by atoms with Crippen molar-refractivity contribution in [3.05, 3.63) is 30.1 Å². The number of hydrogen-bond acceptors (Lipinski definition) is 3. The van der Waals surface area contributed by atoms with Crippen LogP contribution in [-0.4, -0.2) is 36.2 Å². The van der Waals surface area contributed by atoms with Gasteiger partial charge >= 0.3 is 26.2 Å². The van der Waals surface area contributed by atoms with Crippen LogP contribution in [0.2, 0.25) is 0 Å². The number of rotatable bonds is 2. The standard InChI is InChI=1S/C6H6BFO3.Li.H/c8-5-1-3-6(4-2-5)11-7(9)10;;/h1-4,9-10H;;. The Labute approximate surface area is 81.5 Å². The Morgan fingerprint density at radius 3 is 2.08 bits per heavy atom. The molecule has 0 aliphatic heterocycles. The van der Waals surface area contributed by atoms with E-state index >= 15 is 0 Å². The normalized spacial score (nSPS) is 8.58. The van der Waals surface area contributed by atoms with E-state index in [2.05, 4.69) is 4.65 Å². The maximum absolute atomic E-state index is 12.2. The van der Waals surface area contributed by atoms with Crippen LogP contribution in [0.3, 0.4) is 0 Å². The third kappa shape index (κ3) is 3.79. The summed E-state index contributed by atoms with van der Waals surface area (Å²) in [5, 5.41) is 16.6. The van der Waals surface area contributed by atoms with E-state index in [9.17, 15) is 4.39 Å². The van der Waals surface area contributed by atoms with Gasteiger partial charge in [0, 0.05) is 0 Å². The molecule has 1 aromatic carbocycles. The van der Waals surface area contributed by atoms with Crippen LogP contribution in [0.25, 0.3) is 0 Å². The minimum absolute atomic E-state index is 0. The molecule has 0 saturated heterocycles. The quantitative estimate of drug-likeness (QED) is 0.580. The molecule has 0 radical (unpaired) electrons. The van der Waals surface area contributed by atoms with Crippen molar-refractivity contribution in [3.8, 4) is 5.75 Å². The zero-order chi connectivity index (χ0) is 8.27. The van der Waals surface area contributed by atoms with E-state index in [0.29, 0.717) is 0 Å². The first-order valence-corrected chi connectivity index (χ1v) is 2.97. The molecule has 3 nitrogen and oxygen atoms in total. The van der Waals surface area contributed by atoms with Crippen molar-refractivity contribution in [1.29, 1.82) is 0 Å². The summed E-state index contributed by atoms with van der Waals surface area (Å²) < 4.78 is 16.7. The van der Waals surface area contributed by atoms with Crippen molar-refractivity contribution < 1.29 is 19.1 Å². The zero-order valence-electron chi connectivity index (χ0n) is 5.57. The molecule has 6 heteroatoms. The first-order valence-electron chi connectivity index (χ1n) is 2.97. The van der Waals surface area contributed by atoms with E-state index < -0.39 is 13.1 Å². The topological polar surface area (TPSA) is 49.7 Å². The molecule has 0 aromatic heterocycles. The first-order chi connectivity index (χ1) is 5.18. The second kappa shape index (κ2) is 5.23.